The Bertz CT molecular complexity index is 921. The zero-order valence-electron chi connectivity index (χ0n) is 19.8. The second kappa shape index (κ2) is 10.8. The Morgan fingerprint density at radius 2 is 1.68 bits per heavy atom. The van der Waals surface area contributed by atoms with Crippen LogP contribution in [0.1, 0.15) is 56.9 Å². The van der Waals surface area contributed by atoms with E-state index < -0.39 is 17.6 Å². The summed E-state index contributed by atoms with van der Waals surface area (Å²) in [6.45, 7) is 1.87. The number of hydrogen-bond acceptors (Lipinski definition) is 7. The molecule has 186 valence electrons. The topological polar surface area (TPSA) is 66.4 Å². The molecule has 0 atom stereocenters. The van der Waals surface area contributed by atoms with Gasteiger partial charge >= 0.3 is 6.18 Å². The summed E-state index contributed by atoms with van der Waals surface area (Å²) in [6.07, 6.45) is 5.31. The van der Waals surface area contributed by atoms with Gasteiger partial charge in [0.05, 0.1) is 11.9 Å². The van der Waals surface area contributed by atoms with Gasteiger partial charge in [-0.25, -0.2) is 9.97 Å². The Hall–Kier alpha value is -2.62. The lowest BCUT2D eigenvalue weighted by Gasteiger charge is -2.35. The highest BCUT2D eigenvalue weighted by atomic mass is 19.4. The first kappa shape index (κ1) is 24.5. The molecule has 0 radical (unpaired) electrons. The molecular formula is C24H33F3N6O. The molecule has 3 heterocycles. The van der Waals surface area contributed by atoms with E-state index in [4.69, 9.17) is 4.74 Å². The Morgan fingerprint density at radius 3 is 2.26 bits per heavy atom. The number of rotatable bonds is 6. The third-order valence-electron chi connectivity index (χ3n) is 6.66. The molecule has 0 unspecified atom stereocenters. The SMILES string of the molecule is CN(C)C1CCN(c2ccc(Nc3ncc(C(F)(F)F)c(OC4CCCCCC4)n3)cn2)CC1. The molecule has 1 saturated heterocycles. The minimum atomic E-state index is -4.58. The molecule has 0 aromatic carbocycles. The maximum Gasteiger partial charge on any atom is 0.423 e. The van der Waals surface area contributed by atoms with Crippen LogP contribution in [0.3, 0.4) is 0 Å². The van der Waals surface area contributed by atoms with Crippen LogP contribution in [-0.2, 0) is 6.18 Å². The van der Waals surface area contributed by atoms with E-state index in [1.54, 1.807) is 6.20 Å². The molecule has 34 heavy (non-hydrogen) atoms. The predicted molar refractivity (Wildman–Crippen MR) is 126 cm³/mol. The maximum absolute atomic E-state index is 13.5. The van der Waals surface area contributed by atoms with E-state index in [9.17, 15) is 13.2 Å². The number of anilines is 3. The van der Waals surface area contributed by atoms with Crippen molar-refractivity contribution in [3.63, 3.8) is 0 Å². The molecule has 0 spiro atoms. The summed E-state index contributed by atoms with van der Waals surface area (Å²) in [5.41, 5.74) is -0.344. The van der Waals surface area contributed by atoms with E-state index in [0.29, 0.717) is 11.7 Å². The number of alkyl halides is 3. The summed E-state index contributed by atoms with van der Waals surface area (Å²) in [6, 6.07) is 4.34. The molecule has 1 N–H and O–H groups in total. The maximum atomic E-state index is 13.5. The molecule has 10 heteroatoms. The average Bonchev–Trinajstić information content (AvgIpc) is 3.08. The second-order valence-corrected chi connectivity index (χ2v) is 9.35. The third-order valence-corrected chi connectivity index (χ3v) is 6.66. The molecule has 0 amide bonds. The summed E-state index contributed by atoms with van der Waals surface area (Å²) < 4.78 is 46.4. The van der Waals surface area contributed by atoms with Crippen molar-refractivity contribution >= 4 is 17.5 Å². The second-order valence-electron chi connectivity index (χ2n) is 9.35. The van der Waals surface area contributed by atoms with Gasteiger partial charge in [-0.1, -0.05) is 12.8 Å². The molecule has 4 rings (SSSR count). The van der Waals surface area contributed by atoms with E-state index >= 15 is 0 Å². The lowest BCUT2D eigenvalue weighted by atomic mass is 10.0. The van der Waals surface area contributed by atoms with Gasteiger partial charge in [0.2, 0.25) is 11.8 Å². The fourth-order valence-corrected chi connectivity index (χ4v) is 4.62. The minimum absolute atomic E-state index is 0.0537. The Labute approximate surface area is 198 Å². The van der Waals surface area contributed by atoms with Gasteiger partial charge in [0.25, 0.3) is 0 Å². The van der Waals surface area contributed by atoms with Crippen molar-refractivity contribution in [2.75, 3.05) is 37.4 Å². The normalized spacial score (nSPS) is 18.7. The zero-order valence-corrected chi connectivity index (χ0v) is 19.8. The molecule has 0 bridgehead atoms. The highest BCUT2D eigenvalue weighted by Crippen LogP contribution is 2.36. The lowest BCUT2D eigenvalue weighted by Crippen LogP contribution is -2.42. The van der Waals surface area contributed by atoms with Crippen molar-refractivity contribution in [1.29, 1.82) is 0 Å². The predicted octanol–water partition coefficient (Wildman–Crippen LogP) is 5.27. The van der Waals surface area contributed by atoms with E-state index in [-0.39, 0.29) is 12.1 Å². The summed E-state index contributed by atoms with van der Waals surface area (Å²) in [7, 11) is 4.21. The van der Waals surface area contributed by atoms with Crippen LogP contribution in [0, 0.1) is 0 Å². The van der Waals surface area contributed by atoms with Crippen LogP contribution in [0.5, 0.6) is 5.88 Å². The largest absolute Gasteiger partial charge is 0.474 e. The fourth-order valence-electron chi connectivity index (χ4n) is 4.62. The number of pyridine rings is 1. The summed E-state index contributed by atoms with van der Waals surface area (Å²) in [5.74, 6) is 0.525. The van der Waals surface area contributed by atoms with E-state index in [1.165, 1.54) is 0 Å². The summed E-state index contributed by atoms with van der Waals surface area (Å²) in [5, 5.41) is 2.97. The molecule has 2 fully saturated rings. The molecule has 1 saturated carbocycles. The van der Waals surface area contributed by atoms with Gasteiger partial charge < -0.3 is 19.9 Å². The summed E-state index contributed by atoms with van der Waals surface area (Å²) >= 11 is 0. The first-order chi connectivity index (χ1) is 16.3. The van der Waals surface area contributed by atoms with Crippen LogP contribution in [0.2, 0.25) is 0 Å². The number of piperidine rings is 1. The van der Waals surface area contributed by atoms with Crippen LogP contribution in [0.15, 0.2) is 24.5 Å². The Balaban J connectivity index is 1.44. The number of aromatic nitrogens is 3. The first-order valence-corrected chi connectivity index (χ1v) is 12.0. The van der Waals surface area contributed by atoms with Crippen LogP contribution < -0.4 is 15.0 Å². The molecule has 2 aromatic heterocycles. The van der Waals surface area contributed by atoms with Crippen LogP contribution in [0.4, 0.5) is 30.6 Å². The highest BCUT2D eigenvalue weighted by Gasteiger charge is 2.37. The van der Waals surface area contributed by atoms with E-state index in [2.05, 4.69) is 44.2 Å². The molecule has 1 aliphatic carbocycles. The van der Waals surface area contributed by atoms with E-state index in [1.807, 2.05) is 12.1 Å². The standard InChI is InChI=1S/C24H33F3N6O/c1-32(2)18-11-13-33(14-12-18)21-10-9-17(15-28-21)30-23-29-16-20(24(25,26)27)22(31-23)34-19-7-5-3-4-6-8-19/h9-10,15-16,18-19H,3-8,11-14H2,1-2H3,(H,29,30,31). The first-order valence-electron chi connectivity index (χ1n) is 12.0. The lowest BCUT2D eigenvalue weighted by molar-refractivity contribution is -0.140. The van der Waals surface area contributed by atoms with Gasteiger partial charge in [0.15, 0.2) is 0 Å². The third kappa shape index (κ3) is 6.28. The highest BCUT2D eigenvalue weighted by molar-refractivity contribution is 5.55. The zero-order chi connectivity index (χ0) is 24.1. The van der Waals surface area contributed by atoms with Crippen molar-refractivity contribution in [2.24, 2.45) is 0 Å². The smallest absolute Gasteiger partial charge is 0.423 e. The van der Waals surface area contributed by atoms with Crippen LogP contribution >= 0.6 is 0 Å². The molecule has 7 nitrogen and oxygen atoms in total. The van der Waals surface area contributed by atoms with Crippen molar-refractivity contribution in [3.8, 4) is 5.88 Å². The molecule has 2 aliphatic rings. The van der Waals surface area contributed by atoms with Gasteiger partial charge in [-0.3, -0.25) is 0 Å². The molecule has 2 aromatic rings. The van der Waals surface area contributed by atoms with Crippen molar-refractivity contribution in [3.05, 3.63) is 30.1 Å². The average molecular weight is 479 g/mol. The number of nitrogens with one attached hydrogen (secondary N) is 1. The van der Waals surface area contributed by atoms with Gasteiger partial charge in [-0.2, -0.15) is 18.2 Å². The number of hydrogen-bond donors (Lipinski definition) is 1. The van der Waals surface area contributed by atoms with Gasteiger partial charge in [0, 0.05) is 25.3 Å². The van der Waals surface area contributed by atoms with Crippen molar-refractivity contribution in [1.82, 2.24) is 19.9 Å². The van der Waals surface area contributed by atoms with Crippen molar-refractivity contribution in [2.45, 2.75) is 69.7 Å². The number of ether oxygens (including phenoxy) is 1. The molecule has 1 aliphatic heterocycles. The number of halogens is 3. The number of nitrogens with zero attached hydrogens (tertiary/aromatic N) is 5. The Kier molecular flexibility index (Phi) is 7.75. The Morgan fingerprint density at radius 1 is 0.971 bits per heavy atom. The van der Waals surface area contributed by atoms with Crippen molar-refractivity contribution < 1.29 is 17.9 Å². The van der Waals surface area contributed by atoms with Gasteiger partial charge in [-0.15, -0.1) is 0 Å². The summed E-state index contributed by atoms with van der Waals surface area (Å²) in [4.78, 5) is 17.0. The van der Waals surface area contributed by atoms with E-state index in [0.717, 1.165) is 76.5 Å². The molecular weight excluding hydrogens is 445 g/mol. The fraction of sp³-hybridized carbons (Fsp3) is 0.625. The van der Waals surface area contributed by atoms with Crippen LogP contribution in [0.25, 0.3) is 0 Å². The monoisotopic (exact) mass is 478 g/mol. The van der Waals surface area contributed by atoms with Gasteiger partial charge in [0.1, 0.15) is 17.5 Å². The van der Waals surface area contributed by atoms with Gasteiger partial charge in [-0.05, 0) is 64.8 Å². The minimum Gasteiger partial charge on any atom is -0.474 e. The quantitative estimate of drug-likeness (QED) is 0.568. The van der Waals surface area contributed by atoms with Crippen LogP contribution in [-0.4, -0.2) is 59.2 Å².